The number of fused-ring (bicyclic) bond motifs is 4. The van der Waals surface area contributed by atoms with Crippen molar-refractivity contribution in [3.8, 4) is 0 Å². The maximum Gasteiger partial charge on any atom is 0.332 e. The lowest BCUT2D eigenvalue weighted by atomic mass is 9.88. The second-order valence-corrected chi connectivity index (χ2v) is 8.95. The zero-order valence-corrected chi connectivity index (χ0v) is 18.7. The number of aryl methyl sites for hydroxylation is 2. The van der Waals surface area contributed by atoms with Crippen LogP contribution in [0.4, 0.5) is 10.5 Å². The summed E-state index contributed by atoms with van der Waals surface area (Å²) in [6.45, 7) is 4.10. The Bertz CT molecular complexity index is 1420. The first kappa shape index (κ1) is 19.8. The molecule has 4 aromatic rings. The molecule has 5 nitrogen and oxygen atoms in total. The number of para-hydroxylation sites is 2. The van der Waals surface area contributed by atoms with Gasteiger partial charge in [-0.15, -0.1) is 0 Å². The summed E-state index contributed by atoms with van der Waals surface area (Å²) in [6.07, 6.45) is 1.26. The van der Waals surface area contributed by atoms with E-state index in [4.69, 9.17) is 0 Å². The van der Waals surface area contributed by atoms with Crippen molar-refractivity contribution in [1.82, 2.24) is 9.88 Å². The smallest absolute Gasteiger partial charge is 0.332 e. The summed E-state index contributed by atoms with van der Waals surface area (Å²) in [5, 5.41) is 1.12. The molecule has 0 saturated carbocycles. The number of anilines is 1. The molecule has 2 aliphatic rings. The molecular weight excluding hydrogens is 410 g/mol. The molecule has 6 rings (SSSR count). The highest BCUT2D eigenvalue weighted by atomic mass is 16.2. The van der Waals surface area contributed by atoms with Crippen molar-refractivity contribution in [1.29, 1.82) is 0 Å². The first-order valence-electron chi connectivity index (χ1n) is 11.5. The number of hydrogen-bond acceptors (Lipinski definition) is 2. The Labute approximate surface area is 192 Å². The average molecular weight is 436 g/mol. The summed E-state index contributed by atoms with van der Waals surface area (Å²) in [6, 6.07) is 23.0. The molecule has 0 bridgehead atoms. The number of carbonyl (C=O) groups excluding carboxylic acids is 2. The maximum atomic E-state index is 13.9. The quantitative estimate of drug-likeness (QED) is 0.431. The largest absolute Gasteiger partial charge is 0.356 e. The summed E-state index contributed by atoms with van der Waals surface area (Å²) >= 11 is 0. The lowest BCUT2D eigenvalue weighted by Crippen LogP contribution is -2.44. The fraction of sp³-hybridized carbons (Fsp3) is 0.214. The summed E-state index contributed by atoms with van der Waals surface area (Å²) in [4.78, 5) is 34.5. The van der Waals surface area contributed by atoms with Gasteiger partial charge in [-0.2, -0.15) is 0 Å². The normalized spacial score (nSPS) is 19.8. The lowest BCUT2D eigenvalue weighted by molar-refractivity contribution is -0.120. The molecule has 5 heteroatoms. The zero-order chi connectivity index (χ0) is 22.7. The van der Waals surface area contributed by atoms with Crippen molar-refractivity contribution >= 4 is 28.5 Å². The number of amides is 3. The van der Waals surface area contributed by atoms with Crippen LogP contribution in [0.25, 0.3) is 10.9 Å². The van der Waals surface area contributed by atoms with Crippen molar-refractivity contribution in [2.75, 3.05) is 4.90 Å². The minimum atomic E-state index is -0.528. The van der Waals surface area contributed by atoms with Gasteiger partial charge in [0.2, 0.25) is 0 Å². The molecule has 2 atom stereocenters. The molecule has 1 fully saturated rings. The van der Waals surface area contributed by atoms with Crippen LogP contribution < -0.4 is 4.90 Å². The van der Waals surface area contributed by atoms with Gasteiger partial charge in [-0.25, -0.2) is 9.69 Å². The lowest BCUT2D eigenvalue weighted by Gasteiger charge is -2.36. The molecular formula is C28H25N3O2. The van der Waals surface area contributed by atoms with E-state index >= 15 is 0 Å². The van der Waals surface area contributed by atoms with E-state index < -0.39 is 6.04 Å². The van der Waals surface area contributed by atoms with Crippen LogP contribution in [0.3, 0.4) is 0 Å². The first-order valence-corrected chi connectivity index (χ1v) is 11.5. The van der Waals surface area contributed by atoms with E-state index in [1.54, 1.807) is 4.90 Å². The van der Waals surface area contributed by atoms with Gasteiger partial charge in [0.15, 0.2) is 0 Å². The number of aromatic nitrogens is 1. The average Bonchev–Trinajstić information content (AvgIpc) is 3.32. The third-order valence-electron chi connectivity index (χ3n) is 7.02. The van der Waals surface area contributed by atoms with Crippen molar-refractivity contribution in [3.05, 3.63) is 101 Å². The van der Waals surface area contributed by atoms with E-state index in [1.807, 2.05) is 49.4 Å². The van der Waals surface area contributed by atoms with Crippen molar-refractivity contribution in [3.63, 3.8) is 0 Å². The van der Waals surface area contributed by atoms with Gasteiger partial charge in [-0.1, -0.05) is 73.2 Å². The predicted molar refractivity (Wildman–Crippen MR) is 129 cm³/mol. The highest BCUT2D eigenvalue weighted by Crippen LogP contribution is 2.45. The van der Waals surface area contributed by atoms with Crippen molar-refractivity contribution in [2.45, 2.75) is 38.8 Å². The Morgan fingerprint density at radius 2 is 1.76 bits per heavy atom. The van der Waals surface area contributed by atoms with Gasteiger partial charge in [-0.3, -0.25) is 9.69 Å². The monoisotopic (exact) mass is 435 g/mol. The molecule has 3 aromatic carbocycles. The van der Waals surface area contributed by atoms with E-state index in [1.165, 1.54) is 4.90 Å². The van der Waals surface area contributed by atoms with Gasteiger partial charge in [0.1, 0.15) is 12.1 Å². The molecule has 3 heterocycles. The summed E-state index contributed by atoms with van der Waals surface area (Å²) in [5.74, 6) is -0.144. The Hall–Kier alpha value is -3.86. The van der Waals surface area contributed by atoms with Gasteiger partial charge in [0, 0.05) is 23.0 Å². The van der Waals surface area contributed by atoms with Gasteiger partial charge >= 0.3 is 6.03 Å². The SMILES string of the molecule is CCc1ccccc1N1C(=O)[C@@H]2Cc3c([nH]c4ccccc34)[C@H](c3cccc(C)c3)N2C1=O. The number of carbonyl (C=O) groups is 2. The van der Waals surface area contributed by atoms with Crippen LogP contribution in [0.15, 0.2) is 72.8 Å². The molecule has 1 N–H and O–H groups in total. The minimum absolute atomic E-state index is 0.144. The Balaban J connectivity index is 1.56. The molecule has 3 amide bonds. The number of hydrogen-bond donors (Lipinski definition) is 1. The second-order valence-electron chi connectivity index (χ2n) is 8.95. The number of rotatable bonds is 3. The molecule has 1 aromatic heterocycles. The van der Waals surface area contributed by atoms with E-state index in [0.717, 1.165) is 45.3 Å². The molecule has 33 heavy (non-hydrogen) atoms. The third-order valence-corrected chi connectivity index (χ3v) is 7.02. The number of imide groups is 1. The molecule has 2 aliphatic heterocycles. The Morgan fingerprint density at radius 3 is 2.58 bits per heavy atom. The van der Waals surface area contributed by atoms with Crippen molar-refractivity contribution < 1.29 is 9.59 Å². The number of nitrogens with zero attached hydrogens (tertiary/aromatic N) is 2. The van der Waals surface area contributed by atoms with Gasteiger partial charge in [0.25, 0.3) is 5.91 Å². The molecule has 0 unspecified atom stereocenters. The minimum Gasteiger partial charge on any atom is -0.356 e. The number of aromatic amines is 1. The highest BCUT2D eigenvalue weighted by molar-refractivity contribution is 6.22. The Kier molecular flexibility index (Phi) is 4.40. The zero-order valence-electron chi connectivity index (χ0n) is 18.7. The van der Waals surface area contributed by atoms with Gasteiger partial charge in [0.05, 0.1) is 5.69 Å². The van der Waals surface area contributed by atoms with E-state index in [-0.39, 0.29) is 18.0 Å². The number of nitrogens with one attached hydrogen (secondary N) is 1. The van der Waals surface area contributed by atoms with E-state index in [2.05, 4.69) is 42.2 Å². The molecule has 0 spiro atoms. The van der Waals surface area contributed by atoms with Gasteiger partial charge in [-0.05, 0) is 42.2 Å². The fourth-order valence-electron chi connectivity index (χ4n) is 5.51. The third kappa shape index (κ3) is 2.85. The summed E-state index contributed by atoms with van der Waals surface area (Å²) < 4.78 is 0. The van der Waals surface area contributed by atoms with E-state index in [0.29, 0.717) is 12.1 Å². The van der Waals surface area contributed by atoms with Crippen LogP contribution in [0, 0.1) is 6.92 Å². The molecule has 1 saturated heterocycles. The summed E-state index contributed by atoms with van der Waals surface area (Å²) in [5.41, 5.74) is 7.00. The van der Waals surface area contributed by atoms with Crippen LogP contribution in [-0.2, 0) is 17.6 Å². The first-order chi connectivity index (χ1) is 16.1. The van der Waals surface area contributed by atoms with E-state index in [9.17, 15) is 9.59 Å². The number of benzene rings is 3. The van der Waals surface area contributed by atoms with Crippen LogP contribution in [0.2, 0.25) is 0 Å². The van der Waals surface area contributed by atoms with Crippen molar-refractivity contribution in [2.24, 2.45) is 0 Å². The van der Waals surface area contributed by atoms with Crippen LogP contribution in [0.1, 0.15) is 40.9 Å². The van der Waals surface area contributed by atoms with Gasteiger partial charge < -0.3 is 4.98 Å². The topological polar surface area (TPSA) is 56.4 Å². The van der Waals surface area contributed by atoms with Crippen LogP contribution >= 0.6 is 0 Å². The molecule has 164 valence electrons. The standard InChI is InChI=1S/C28H25N3O2/c1-3-18-10-4-7-14-23(18)31-27(32)24-16-21-20-12-5-6-13-22(20)29-25(21)26(30(24)28(31)33)19-11-8-9-17(2)15-19/h4-15,24,26,29H,3,16H2,1-2H3/t24-,26-/m0/s1. The van der Waals surface area contributed by atoms with Crippen LogP contribution in [0.5, 0.6) is 0 Å². The number of H-pyrrole nitrogens is 1. The fourth-order valence-corrected chi connectivity index (χ4v) is 5.51. The highest BCUT2D eigenvalue weighted by Gasteiger charge is 2.53. The van der Waals surface area contributed by atoms with Crippen LogP contribution in [-0.4, -0.2) is 27.9 Å². The molecule has 0 radical (unpaired) electrons. The maximum absolute atomic E-state index is 13.9. The second kappa shape index (κ2) is 7.34. The Morgan fingerprint density at radius 1 is 0.970 bits per heavy atom. The molecule has 0 aliphatic carbocycles. The predicted octanol–water partition coefficient (Wildman–Crippen LogP) is 5.52. The summed E-state index contributed by atoms with van der Waals surface area (Å²) in [7, 11) is 0. The number of urea groups is 1.